The van der Waals surface area contributed by atoms with Crippen LogP contribution >= 0.6 is 11.6 Å². The van der Waals surface area contributed by atoms with Crippen molar-refractivity contribution in [3.8, 4) is 0 Å². The molecule has 0 aliphatic carbocycles. The first-order valence-corrected chi connectivity index (χ1v) is 7.64. The number of aryl methyl sites for hydroxylation is 1. The van der Waals surface area contributed by atoms with Gasteiger partial charge in [-0.1, -0.05) is 17.7 Å². The molecule has 0 amide bonds. The highest BCUT2D eigenvalue weighted by molar-refractivity contribution is 7.92. The summed E-state index contributed by atoms with van der Waals surface area (Å²) < 4.78 is 26.8. The molecule has 0 aliphatic heterocycles. The lowest BCUT2D eigenvalue weighted by atomic mass is 10.2. The highest BCUT2D eigenvalue weighted by Gasteiger charge is 2.18. The van der Waals surface area contributed by atoms with E-state index >= 15 is 0 Å². The number of hydrogen-bond acceptors (Lipinski definition) is 4. The minimum Gasteiger partial charge on any atom is -0.478 e. The molecule has 2 aromatic rings. The number of aromatic carboxylic acids is 1. The zero-order valence-corrected chi connectivity index (χ0v) is 12.4. The minimum absolute atomic E-state index is 0.0126. The first kappa shape index (κ1) is 15.3. The quantitative estimate of drug-likeness (QED) is 0.842. The standard InChI is InChI=1S/C13H11ClN2O4S/c1-8-5-11(12(14)15-7-8)16-21(19,20)10-4-2-3-9(6-10)13(17)18/h2-7,16H,1H3,(H,17,18). The lowest BCUT2D eigenvalue weighted by Crippen LogP contribution is -2.14. The third-order valence-electron chi connectivity index (χ3n) is 2.61. The highest BCUT2D eigenvalue weighted by Crippen LogP contribution is 2.23. The molecule has 0 saturated heterocycles. The zero-order valence-electron chi connectivity index (χ0n) is 10.9. The molecule has 0 spiro atoms. The molecule has 0 radical (unpaired) electrons. The van der Waals surface area contributed by atoms with Crippen LogP contribution in [0.2, 0.25) is 5.15 Å². The van der Waals surface area contributed by atoms with Gasteiger partial charge in [0.15, 0.2) is 5.15 Å². The number of nitrogens with zero attached hydrogens (tertiary/aromatic N) is 1. The molecule has 0 bridgehead atoms. The van der Waals surface area contributed by atoms with E-state index in [1.807, 2.05) is 0 Å². The number of carboxylic acids is 1. The Morgan fingerprint density at radius 3 is 2.71 bits per heavy atom. The molecule has 1 heterocycles. The van der Waals surface area contributed by atoms with Crippen LogP contribution in [0.15, 0.2) is 41.4 Å². The number of aromatic nitrogens is 1. The van der Waals surface area contributed by atoms with Gasteiger partial charge in [-0.15, -0.1) is 0 Å². The summed E-state index contributed by atoms with van der Waals surface area (Å²) in [6.07, 6.45) is 1.51. The number of halogens is 1. The summed E-state index contributed by atoms with van der Waals surface area (Å²) in [6.45, 7) is 1.74. The summed E-state index contributed by atoms with van der Waals surface area (Å²) in [5.74, 6) is -1.21. The number of nitrogens with one attached hydrogen (secondary N) is 1. The van der Waals surface area contributed by atoms with Crippen molar-refractivity contribution >= 4 is 33.3 Å². The average molecular weight is 327 g/mol. The van der Waals surface area contributed by atoms with Crippen molar-refractivity contribution < 1.29 is 18.3 Å². The minimum atomic E-state index is -3.95. The van der Waals surface area contributed by atoms with E-state index < -0.39 is 16.0 Å². The van der Waals surface area contributed by atoms with E-state index in [4.69, 9.17) is 16.7 Å². The predicted octanol–water partition coefficient (Wildman–Crippen LogP) is 2.54. The fraction of sp³-hybridized carbons (Fsp3) is 0.0769. The summed E-state index contributed by atoms with van der Waals surface area (Å²) in [7, 11) is -3.95. The summed E-state index contributed by atoms with van der Waals surface area (Å²) in [5, 5.41) is 8.91. The van der Waals surface area contributed by atoms with E-state index in [1.54, 1.807) is 6.92 Å². The SMILES string of the molecule is Cc1cnc(Cl)c(NS(=O)(=O)c2cccc(C(=O)O)c2)c1. The molecule has 21 heavy (non-hydrogen) atoms. The topological polar surface area (TPSA) is 96.4 Å². The van der Waals surface area contributed by atoms with Crippen LogP contribution in [-0.2, 0) is 10.0 Å². The van der Waals surface area contributed by atoms with E-state index in [1.165, 1.54) is 30.5 Å². The number of anilines is 1. The molecular formula is C13H11ClN2O4S. The molecular weight excluding hydrogens is 316 g/mol. The van der Waals surface area contributed by atoms with Gasteiger partial charge in [-0.05, 0) is 36.8 Å². The number of benzene rings is 1. The molecule has 0 atom stereocenters. The molecule has 2 N–H and O–H groups in total. The first-order chi connectivity index (χ1) is 9.79. The summed E-state index contributed by atoms with van der Waals surface area (Å²) in [6, 6.07) is 6.57. The first-order valence-electron chi connectivity index (χ1n) is 5.78. The van der Waals surface area contributed by atoms with Crippen LogP contribution in [0.4, 0.5) is 5.69 Å². The van der Waals surface area contributed by atoms with Crippen LogP contribution in [0, 0.1) is 6.92 Å². The third-order valence-corrected chi connectivity index (χ3v) is 4.28. The van der Waals surface area contributed by atoms with Gasteiger partial charge >= 0.3 is 5.97 Å². The number of hydrogen-bond donors (Lipinski definition) is 2. The largest absolute Gasteiger partial charge is 0.478 e. The Morgan fingerprint density at radius 1 is 1.33 bits per heavy atom. The molecule has 1 aromatic heterocycles. The number of rotatable bonds is 4. The van der Waals surface area contributed by atoms with Crippen molar-refractivity contribution in [2.24, 2.45) is 0 Å². The van der Waals surface area contributed by atoms with Gasteiger partial charge in [0.2, 0.25) is 0 Å². The van der Waals surface area contributed by atoms with Gasteiger partial charge in [-0.2, -0.15) is 0 Å². The smallest absolute Gasteiger partial charge is 0.335 e. The Balaban J connectivity index is 2.41. The Labute approximate surface area is 126 Å². The fourth-order valence-electron chi connectivity index (χ4n) is 1.62. The van der Waals surface area contributed by atoms with Crippen molar-refractivity contribution in [1.82, 2.24) is 4.98 Å². The highest BCUT2D eigenvalue weighted by atomic mass is 35.5. The van der Waals surface area contributed by atoms with Crippen molar-refractivity contribution in [1.29, 1.82) is 0 Å². The Bertz CT molecular complexity index is 806. The van der Waals surface area contributed by atoms with Crippen molar-refractivity contribution in [2.45, 2.75) is 11.8 Å². The second kappa shape index (κ2) is 5.71. The molecule has 0 unspecified atom stereocenters. The Hall–Kier alpha value is -2.12. The van der Waals surface area contributed by atoms with Gasteiger partial charge in [0.05, 0.1) is 16.1 Å². The molecule has 2 rings (SSSR count). The second-order valence-corrected chi connectivity index (χ2v) is 6.33. The molecule has 0 fully saturated rings. The Kier molecular flexibility index (Phi) is 4.15. The fourth-order valence-corrected chi connectivity index (χ4v) is 2.93. The van der Waals surface area contributed by atoms with E-state index in [2.05, 4.69) is 9.71 Å². The normalized spacial score (nSPS) is 11.1. The van der Waals surface area contributed by atoms with Gasteiger partial charge in [0.25, 0.3) is 10.0 Å². The van der Waals surface area contributed by atoms with Gasteiger partial charge in [0, 0.05) is 6.20 Å². The van der Waals surface area contributed by atoms with Crippen LogP contribution in [0.5, 0.6) is 0 Å². The van der Waals surface area contributed by atoms with Crippen molar-refractivity contribution in [3.63, 3.8) is 0 Å². The summed E-state index contributed by atoms with van der Waals surface area (Å²) in [5.41, 5.74) is 0.750. The molecule has 110 valence electrons. The number of pyridine rings is 1. The van der Waals surface area contributed by atoms with Crippen LogP contribution in [0.1, 0.15) is 15.9 Å². The third kappa shape index (κ3) is 3.50. The molecule has 0 aliphatic rings. The van der Waals surface area contributed by atoms with E-state index in [-0.39, 0.29) is 21.3 Å². The molecule has 6 nitrogen and oxygen atoms in total. The average Bonchev–Trinajstić information content (AvgIpc) is 2.43. The maximum atomic E-state index is 12.2. The zero-order chi connectivity index (χ0) is 15.6. The van der Waals surface area contributed by atoms with E-state index in [0.717, 1.165) is 11.6 Å². The van der Waals surface area contributed by atoms with Gasteiger partial charge in [-0.3, -0.25) is 4.72 Å². The monoisotopic (exact) mass is 326 g/mol. The Morgan fingerprint density at radius 2 is 2.05 bits per heavy atom. The van der Waals surface area contributed by atoms with Crippen LogP contribution in [-0.4, -0.2) is 24.5 Å². The van der Waals surface area contributed by atoms with Gasteiger partial charge in [0.1, 0.15) is 0 Å². The van der Waals surface area contributed by atoms with Gasteiger partial charge in [-0.25, -0.2) is 18.2 Å². The number of carbonyl (C=O) groups is 1. The van der Waals surface area contributed by atoms with E-state index in [9.17, 15) is 13.2 Å². The molecule has 0 saturated carbocycles. The maximum Gasteiger partial charge on any atom is 0.335 e. The second-order valence-electron chi connectivity index (χ2n) is 4.29. The number of carboxylic acid groups (broad SMARTS) is 1. The number of sulfonamides is 1. The lowest BCUT2D eigenvalue weighted by Gasteiger charge is -2.10. The van der Waals surface area contributed by atoms with E-state index in [0.29, 0.717) is 0 Å². The summed E-state index contributed by atoms with van der Waals surface area (Å²) >= 11 is 5.84. The maximum absolute atomic E-state index is 12.2. The van der Waals surface area contributed by atoms with Gasteiger partial charge < -0.3 is 5.11 Å². The molecule has 8 heteroatoms. The van der Waals surface area contributed by atoms with Crippen molar-refractivity contribution in [2.75, 3.05) is 4.72 Å². The van der Waals surface area contributed by atoms with Crippen LogP contribution in [0.25, 0.3) is 0 Å². The van der Waals surface area contributed by atoms with Crippen molar-refractivity contribution in [3.05, 3.63) is 52.8 Å². The predicted molar refractivity (Wildman–Crippen MR) is 78.2 cm³/mol. The summed E-state index contributed by atoms with van der Waals surface area (Å²) in [4.78, 5) is 14.6. The van der Waals surface area contributed by atoms with Crippen LogP contribution < -0.4 is 4.72 Å². The van der Waals surface area contributed by atoms with Crippen LogP contribution in [0.3, 0.4) is 0 Å². The molecule has 1 aromatic carbocycles. The lowest BCUT2D eigenvalue weighted by molar-refractivity contribution is 0.0696.